The first kappa shape index (κ1) is 14.0. The van der Waals surface area contributed by atoms with E-state index in [1.54, 1.807) is 39.5 Å². The van der Waals surface area contributed by atoms with Gasteiger partial charge in [-0.2, -0.15) is 0 Å². The zero-order chi connectivity index (χ0) is 14.7. The van der Waals surface area contributed by atoms with Crippen molar-refractivity contribution < 1.29 is 23.7 Å². The number of rotatable bonds is 4. The Labute approximate surface area is 117 Å². The van der Waals surface area contributed by atoms with E-state index in [2.05, 4.69) is 0 Å². The summed E-state index contributed by atoms with van der Waals surface area (Å²) in [5.41, 5.74) is 0.392. The number of fused-ring (bicyclic) bond motifs is 1. The van der Waals surface area contributed by atoms with Crippen LogP contribution in [-0.4, -0.2) is 34.4 Å². The number of ether oxygens (including phenoxy) is 4. The summed E-state index contributed by atoms with van der Waals surface area (Å²) in [5, 5.41) is 1.56. The van der Waals surface area contributed by atoms with E-state index in [1.165, 1.54) is 7.11 Å². The second kappa shape index (κ2) is 5.69. The van der Waals surface area contributed by atoms with Crippen LogP contribution in [0.2, 0.25) is 0 Å². The third-order valence-electron chi connectivity index (χ3n) is 3.08. The standard InChI is InChI=1S/C15H16O5/c1-17-12-6-5-10-11(14(12)19-3)7-9(15(16)20-4)8-13(10)18-2/h5-8H,1-4H3. The summed E-state index contributed by atoms with van der Waals surface area (Å²) in [4.78, 5) is 11.7. The highest BCUT2D eigenvalue weighted by atomic mass is 16.5. The van der Waals surface area contributed by atoms with Crippen LogP contribution >= 0.6 is 0 Å². The van der Waals surface area contributed by atoms with Gasteiger partial charge in [0.1, 0.15) is 5.75 Å². The molecular formula is C15H16O5. The zero-order valence-corrected chi connectivity index (χ0v) is 11.9. The van der Waals surface area contributed by atoms with Crippen molar-refractivity contribution in [1.29, 1.82) is 0 Å². The van der Waals surface area contributed by atoms with Crippen LogP contribution in [0.25, 0.3) is 10.8 Å². The summed E-state index contributed by atoms with van der Waals surface area (Å²) in [6.07, 6.45) is 0. The molecule has 0 radical (unpaired) electrons. The van der Waals surface area contributed by atoms with Gasteiger partial charge < -0.3 is 18.9 Å². The molecule has 106 valence electrons. The Bertz CT molecular complexity index is 648. The van der Waals surface area contributed by atoms with E-state index in [9.17, 15) is 4.79 Å². The molecule has 2 aromatic rings. The van der Waals surface area contributed by atoms with Gasteiger partial charge in [-0.1, -0.05) is 0 Å². The van der Waals surface area contributed by atoms with E-state index in [4.69, 9.17) is 18.9 Å². The van der Waals surface area contributed by atoms with Crippen molar-refractivity contribution >= 4 is 16.7 Å². The zero-order valence-electron chi connectivity index (χ0n) is 11.9. The fourth-order valence-electron chi connectivity index (χ4n) is 2.13. The molecule has 0 N–H and O–H groups in total. The number of carbonyl (C=O) groups is 1. The van der Waals surface area contributed by atoms with Crippen LogP contribution in [0, 0.1) is 0 Å². The summed E-state index contributed by atoms with van der Waals surface area (Å²) in [6, 6.07) is 6.99. The fraction of sp³-hybridized carbons (Fsp3) is 0.267. The largest absolute Gasteiger partial charge is 0.496 e. The second-order valence-electron chi connectivity index (χ2n) is 4.07. The summed E-state index contributed by atoms with van der Waals surface area (Å²) in [7, 11) is 5.99. The van der Waals surface area contributed by atoms with Gasteiger partial charge in [0.25, 0.3) is 0 Å². The molecular weight excluding hydrogens is 260 g/mol. The molecule has 0 heterocycles. The second-order valence-corrected chi connectivity index (χ2v) is 4.07. The number of carbonyl (C=O) groups excluding carboxylic acids is 1. The number of hydrogen-bond acceptors (Lipinski definition) is 5. The number of methoxy groups -OCH3 is 4. The summed E-state index contributed by atoms with van der Waals surface area (Å²) < 4.78 is 20.7. The van der Waals surface area contributed by atoms with Crippen molar-refractivity contribution in [3.05, 3.63) is 29.8 Å². The van der Waals surface area contributed by atoms with E-state index in [1.807, 2.05) is 6.07 Å². The lowest BCUT2D eigenvalue weighted by Crippen LogP contribution is -2.02. The van der Waals surface area contributed by atoms with E-state index < -0.39 is 5.97 Å². The van der Waals surface area contributed by atoms with E-state index in [0.717, 1.165) is 10.8 Å². The van der Waals surface area contributed by atoms with Gasteiger partial charge in [0.05, 0.1) is 34.0 Å². The van der Waals surface area contributed by atoms with Gasteiger partial charge in [-0.3, -0.25) is 0 Å². The van der Waals surface area contributed by atoms with Gasteiger partial charge in [-0.25, -0.2) is 4.79 Å². The highest BCUT2D eigenvalue weighted by Gasteiger charge is 2.16. The van der Waals surface area contributed by atoms with E-state index >= 15 is 0 Å². The average Bonchev–Trinajstić information content (AvgIpc) is 2.51. The molecule has 2 aromatic carbocycles. The molecule has 5 nitrogen and oxygen atoms in total. The van der Waals surface area contributed by atoms with Gasteiger partial charge in [0, 0.05) is 10.8 Å². The molecule has 0 aliphatic heterocycles. The highest BCUT2D eigenvalue weighted by molar-refractivity contribution is 6.01. The first-order valence-corrected chi connectivity index (χ1v) is 5.97. The van der Waals surface area contributed by atoms with Crippen molar-refractivity contribution in [2.45, 2.75) is 0 Å². The first-order valence-electron chi connectivity index (χ1n) is 5.97. The van der Waals surface area contributed by atoms with Crippen LogP contribution in [0.15, 0.2) is 24.3 Å². The van der Waals surface area contributed by atoms with Crippen LogP contribution in [0.3, 0.4) is 0 Å². The van der Waals surface area contributed by atoms with Gasteiger partial charge in [-0.05, 0) is 24.3 Å². The normalized spacial score (nSPS) is 10.2. The predicted molar refractivity (Wildman–Crippen MR) is 74.9 cm³/mol. The Morgan fingerprint density at radius 3 is 2.10 bits per heavy atom. The maximum Gasteiger partial charge on any atom is 0.338 e. The third-order valence-corrected chi connectivity index (χ3v) is 3.08. The quantitative estimate of drug-likeness (QED) is 0.803. The maximum absolute atomic E-state index is 11.7. The molecule has 0 amide bonds. The lowest BCUT2D eigenvalue weighted by atomic mass is 10.0. The van der Waals surface area contributed by atoms with Crippen molar-refractivity contribution in [1.82, 2.24) is 0 Å². The van der Waals surface area contributed by atoms with Gasteiger partial charge in [0.2, 0.25) is 0 Å². The number of hydrogen-bond donors (Lipinski definition) is 0. The Morgan fingerprint density at radius 2 is 1.55 bits per heavy atom. The Balaban J connectivity index is 2.81. The molecule has 0 aromatic heterocycles. The summed E-state index contributed by atoms with van der Waals surface area (Å²) in [5.74, 6) is 1.28. The monoisotopic (exact) mass is 276 g/mol. The van der Waals surface area contributed by atoms with Crippen LogP contribution in [0.5, 0.6) is 17.2 Å². The molecule has 0 saturated heterocycles. The first-order chi connectivity index (χ1) is 9.65. The fourth-order valence-corrected chi connectivity index (χ4v) is 2.13. The molecule has 0 atom stereocenters. The summed E-state index contributed by atoms with van der Waals surface area (Å²) >= 11 is 0. The molecule has 5 heteroatoms. The number of benzene rings is 2. The SMILES string of the molecule is COC(=O)c1cc(OC)c2ccc(OC)c(OC)c2c1. The van der Waals surface area contributed by atoms with Crippen LogP contribution < -0.4 is 14.2 Å². The van der Waals surface area contributed by atoms with Gasteiger partial charge in [-0.15, -0.1) is 0 Å². The van der Waals surface area contributed by atoms with Crippen molar-refractivity contribution in [3.63, 3.8) is 0 Å². The van der Waals surface area contributed by atoms with Crippen molar-refractivity contribution in [2.24, 2.45) is 0 Å². The average molecular weight is 276 g/mol. The lowest BCUT2D eigenvalue weighted by Gasteiger charge is -2.14. The van der Waals surface area contributed by atoms with Crippen LogP contribution in [0.1, 0.15) is 10.4 Å². The molecule has 2 rings (SSSR count). The minimum absolute atomic E-state index is 0.392. The molecule has 0 fully saturated rings. The molecule has 0 unspecified atom stereocenters. The summed E-state index contributed by atoms with van der Waals surface area (Å²) in [6.45, 7) is 0. The van der Waals surface area contributed by atoms with Gasteiger partial charge >= 0.3 is 5.97 Å². The van der Waals surface area contributed by atoms with Crippen LogP contribution in [0.4, 0.5) is 0 Å². The predicted octanol–water partition coefficient (Wildman–Crippen LogP) is 2.65. The van der Waals surface area contributed by atoms with E-state index in [-0.39, 0.29) is 0 Å². The molecule has 0 saturated carbocycles. The lowest BCUT2D eigenvalue weighted by molar-refractivity contribution is 0.0600. The molecule has 20 heavy (non-hydrogen) atoms. The van der Waals surface area contributed by atoms with Crippen molar-refractivity contribution in [2.75, 3.05) is 28.4 Å². The van der Waals surface area contributed by atoms with Crippen LogP contribution in [-0.2, 0) is 4.74 Å². The molecule has 0 aliphatic carbocycles. The van der Waals surface area contributed by atoms with E-state index in [0.29, 0.717) is 22.8 Å². The minimum Gasteiger partial charge on any atom is -0.496 e. The topological polar surface area (TPSA) is 54.0 Å². The Morgan fingerprint density at radius 1 is 0.850 bits per heavy atom. The molecule has 0 aliphatic rings. The molecule has 0 bridgehead atoms. The Hall–Kier alpha value is -2.43. The Kier molecular flexibility index (Phi) is 3.98. The minimum atomic E-state index is -0.435. The molecule has 0 spiro atoms. The maximum atomic E-state index is 11.7. The van der Waals surface area contributed by atoms with Crippen molar-refractivity contribution in [3.8, 4) is 17.2 Å². The smallest absolute Gasteiger partial charge is 0.338 e. The highest BCUT2D eigenvalue weighted by Crippen LogP contribution is 2.39. The number of esters is 1. The van der Waals surface area contributed by atoms with Gasteiger partial charge in [0.15, 0.2) is 11.5 Å². The third kappa shape index (κ3) is 2.22.